The van der Waals surface area contributed by atoms with Gasteiger partial charge in [-0.1, -0.05) is 0 Å². The topological polar surface area (TPSA) is 90.6 Å². The fraction of sp³-hybridized carbons (Fsp3) is 0.818. The van der Waals surface area contributed by atoms with Crippen LogP contribution < -0.4 is 11.1 Å². The Morgan fingerprint density at radius 1 is 1.33 bits per heavy atom. The molecule has 0 aliphatic heterocycles. The van der Waals surface area contributed by atoms with Crippen LogP contribution in [0.15, 0.2) is 0 Å². The molecule has 6 nitrogen and oxygen atoms in total. The Bertz CT molecular complexity index is 263. The average Bonchev–Trinajstić information content (AvgIpc) is 2.26. The van der Waals surface area contributed by atoms with Crippen LogP contribution >= 0.6 is 12.4 Å². The van der Waals surface area contributed by atoms with Gasteiger partial charge in [-0.15, -0.1) is 12.4 Å². The minimum atomic E-state index is -0.743. The molecule has 0 fully saturated rings. The molecule has 0 aliphatic carbocycles. The van der Waals surface area contributed by atoms with Gasteiger partial charge in [-0.2, -0.15) is 0 Å². The molecule has 0 aromatic rings. The zero-order valence-corrected chi connectivity index (χ0v) is 12.0. The molecular formula is C11H23ClN2O4. The number of hydrogen-bond donors (Lipinski definition) is 2. The van der Waals surface area contributed by atoms with E-state index < -0.39 is 5.54 Å². The van der Waals surface area contributed by atoms with Crippen molar-refractivity contribution in [3.8, 4) is 0 Å². The Hall–Kier alpha value is -0.850. The zero-order valence-electron chi connectivity index (χ0n) is 11.2. The number of halogens is 1. The first kappa shape index (κ1) is 19.5. The Morgan fingerprint density at radius 3 is 2.39 bits per heavy atom. The molecule has 108 valence electrons. The first-order chi connectivity index (χ1) is 7.97. The summed E-state index contributed by atoms with van der Waals surface area (Å²) in [5.74, 6) is -0.525. The highest BCUT2D eigenvalue weighted by molar-refractivity contribution is 5.85. The van der Waals surface area contributed by atoms with Gasteiger partial charge in [0.05, 0.1) is 25.7 Å². The van der Waals surface area contributed by atoms with Crippen LogP contribution in [0.4, 0.5) is 0 Å². The minimum absolute atomic E-state index is 0. The van der Waals surface area contributed by atoms with E-state index in [1.54, 1.807) is 6.92 Å². The first-order valence-corrected chi connectivity index (χ1v) is 5.54. The van der Waals surface area contributed by atoms with Gasteiger partial charge >= 0.3 is 5.97 Å². The molecule has 3 N–H and O–H groups in total. The predicted molar refractivity (Wildman–Crippen MR) is 70.6 cm³/mol. The number of esters is 1. The summed E-state index contributed by atoms with van der Waals surface area (Å²) in [5, 5.41) is 2.77. The molecule has 0 aliphatic rings. The van der Waals surface area contributed by atoms with Crippen molar-refractivity contribution in [3.63, 3.8) is 0 Å². The van der Waals surface area contributed by atoms with E-state index in [-0.39, 0.29) is 37.3 Å². The minimum Gasteiger partial charge on any atom is -0.469 e. The lowest BCUT2D eigenvalue weighted by Crippen LogP contribution is -2.50. The quantitative estimate of drug-likeness (QED) is 0.622. The molecule has 0 heterocycles. The number of carbonyl (C=O) groups excluding carboxylic acids is 2. The van der Waals surface area contributed by atoms with E-state index in [0.29, 0.717) is 19.4 Å². The van der Waals surface area contributed by atoms with Gasteiger partial charge in [-0.05, 0) is 19.9 Å². The lowest BCUT2D eigenvalue weighted by molar-refractivity contribution is -0.143. The van der Waals surface area contributed by atoms with E-state index in [1.165, 1.54) is 14.2 Å². The smallest absolute Gasteiger partial charge is 0.307 e. The van der Waals surface area contributed by atoms with Gasteiger partial charge in [0.15, 0.2) is 0 Å². The predicted octanol–water partition coefficient (Wildman–Crippen LogP) is 0.232. The summed E-state index contributed by atoms with van der Waals surface area (Å²) >= 11 is 0. The summed E-state index contributed by atoms with van der Waals surface area (Å²) in [7, 11) is 2.83. The van der Waals surface area contributed by atoms with Crippen molar-refractivity contribution >= 4 is 24.3 Å². The third-order valence-electron chi connectivity index (χ3n) is 2.27. The molecule has 0 bridgehead atoms. The Labute approximate surface area is 114 Å². The van der Waals surface area contributed by atoms with Crippen molar-refractivity contribution in [1.82, 2.24) is 5.32 Å². The second kappa shape index (κ2) is 10.1. The van der Waals surface area contributed by atoms with Crippen molar-refractivity contribution in [2.75, 3.05) is 27.4 Å². The van der Waals surface area contributed by atoms with E-state index in [0.717, 1.165) is 0 Å². The molecule has 0 aromatic heterocycles. The van der Waals surface area contributed by atoms with Gasteiger partial charge in [0, 0.05) is 13.5 Å². The Morgan fingerprint density at radius 2 is 1.94 bits per heavy atom. The number of nitrogens with one attached hydrogen (secondary N) is 1. The highest BCUT2D eigenvalue weighted by atomic mass is 35.5. The average molecular weight is 283 g/mol. The lowest BCUT2D eigenvalue weighted by Gasteiger charge is -2.29. The third-order valence-corrected chi connectivity index (χ3v) is 2.27. The van der Waals surface area contributed by atoms with E-state index in [4.69, 9.17) is 10.5 Å². The van der Waals surface area contributed by atoms with Crippen molar-refractivity contribution in [2.24, 2.45) is 5.73 Å². The molecule has 0 aromatic carbocycles. The normalized spacial score (nSPS) is 13.1. The van der Waals surface area contributed by atoms with E-state index in [1.807, 2.05) is 0 Å². The SMILES string of the molecule is COCC(C)(CC(=O)OC)NC(=O)CCCN.Cl. The van der Waals surface area contributed by atoms with Gasteiger partial charge in [0.2, 0.25) is 5.91 Å². The first-order valence-electron chi connectivity index (χ1n) is 5.54. The molecule has 0 rings (SSSR count). The largest absolute Gasteiger partial charge is 0.469 e. The number of nitrogens with two attached hydrogens (primary N) is 1. The van der Waals surface area contributed by atoms with Gasteiger partial charge in [-0.25, -0.2) is 0 Å². The molecule has 1 amide bonds. The van der Waals surface area contributed by atoms with Crippen molar-refractivity contribution < 1.29 is 19.1 Å². The maximum absolute atomic E-state index is 11.6. The van der Waals surface area contributed by atoms with Gasteiger partial charge in [0.25, 0.3) is 0 Å². The van der Waals surface area contributed by atoms with Crippen molar-refractivity contribution in [1.29, 1.82) is 0 Å². The van der Waals surface area contributed by atoms with Crippen LogP contribution in [0.5, 0.6) is 0 Å². The van der Waals surface area contributed by atoms with Gasteiger partial charge in [-0.3, -0.25) is 9.59 Å². The second-order valence-corrected chi connectivity index (χ2v) is 4.19. The van der Waals surface area contributed by atoms with Crippen LogP contribution in [0.1, 0.15) is 26.2 Å². The molecule has 1 atom stereocenters. The lowest BCUT2D eigenvalue weighted by atomic mass is 9.98. The molecular weight excluding hydrogens is 260 g/mol. The fourth-order valence-corrected chi connectivity index (χ4v) is 1.50. The van der Waals surface area contributed by atoms with Crippen LogP contribution in [0.2, 0.25) is 0 Å². The highest BCUT2D eigenvalue weighted by Gasteiger charge is 2.29. The van der Waals surface area contributed by atoms with Crippen LogP contribution in [0.25, 0.3) is 0 Å². The van der Waals surface area contributed by atoms with E-state index >= 15 is 0 Å². The molecule has 7 heteroatoms. The van der Waals surface area contributed by atoms with Crippen LogP contribution in [-0.2, 0) is 19.1 Å². The monoisotopic (exact) mass is 282 g/mol. The second-order valence-electron chi connectivity index (χ2n) is 4.19. The Balaban J connectivity index is 0. The molecule has 0 saturated carbocycles. The van der Waals surface area contributed by atoms with Gasteiger partial charge in [0.1, 0.15) is 0 Å². The number of methoxy groups -OCH3 is 2. The maximum Gasteiger partial charge on any atom is 0.307 e. The number of rotatable bonds is 8. The highest BCUT2D eigenvalue weighted by Crippen LogP contribution is 2.12. The zero-order chi connectivity index (χ0) is 13.3. The summed E-state index contributed by atoms with van der Waals surface area (Å²) < 4.78 is 9.60. The third kappa shape index (κ3) is 8.27. The molecule has 0 saturated heterocycles. The summed E-state index contributed by atoms with van der Waals surface area (Å²) in [5.41, 5.74) is 4.58. The van der Waals surface area contributed by atoms with E-state index in [9.17, 15) is 9.59 Å². The number of ether oxygens (including phenoxy) is 2. The molecule has 0 radical (unpaired) electrons. The summed E-state index contributed by atoms with van der Waals surface area (Å²) in [4.78, 5) is 22.8. The van der Waals surface area contributed by atoms with Crippen LogP contribution in [0, 0.1) is 0 Å². The standard InChI is InChI=1S/C11H22N2O4.ClH/c1-11(8-16-2,7-10(15)17-3)13-9(14)5-4-6-12;/h4-8,12H2,1-3H3,(H,13,14);1H. The maximum atomic E-state index is 11.6. The Kier molecular flexibility index (Phi) is 10.9. The number of hydrogen-bond acceptors (Lipinski definition) is 5. The van der Waals surface area contributed by atoms with Crippen LogP contribution in [-0.4, -0.2) is 44.8 Å². The molecule has 18 heavy (non-hydrogen) atoms. The van der Waals surface area contributed by atoms with Crippen molar-refractivity contribution in [2.45, 2.75) is 31.7 Å². The summed E-state index contributed by atoms with van der Waals surface area (Å²) in [6.07, 6.45) is 1.04. The number of amides is 1. The fourth-order valence-electron chi connectivity index (χ4n) is 1.50. The molecule has 1 unspecified atom stereocenters. The summed E-state index contributed by atoms with van der Waals surface area (Å²) in [6, 6.07) is 0. The van der Waals surface area contributed by atoms with Gasteiger partial charge < -0.3 is 20.5 Å². The van der Waals surface area contributed by atoms with Crippen LogP contribution in [0.3, 0.4) is 0 Å². The van der Waals surface area contributed by atoms with Crippen molar-refractivity contribution in [3.05, 3.63) is 0 Å². The molecule has 0 spiro atoms. The van der Waals surface area contributed by atoms with E-state index in [2.05, 4.69) is 10.1 Å². The summed E-state index contributed by atoms with van der Waals surface area (Å²) in [6.45, 7) is 2.45. The number of carbonyl (C=O) groups is 2.